The fourth-order valence-corrected chi connectivity index (χ4v) is 2.50. The van der Waals surface area contributed by atoms with E-state index < -0.39 is 0 Å². The van der Waals surface area contributed by atoms with Crippen molar-refractivity contribution in [2.75, 3.05) is 0 Å². The molecule has 106 valence electrons. The van der Waals surface area contributed by atoms with Crippen LogP contribution in [0.15, 0.2) is 48.8 Å². The molecule has 3 rings (SSSR count). The molecule has 0 saturated heterocycles. The number of hydrogen-bond acceptors (Lipinski definition) is 3. The molecule has 1 aromatic carbocycles. The van der Waals surface area contributed by atoms with E-state index in [2.05, 4.69) is 29.1 Å². The largest absolute Gasteiger partial charge is 0.326 e. The summed E-state index contributed by atoms with van der Waals surface area (Å²) < 4.78 is 1.81. The summed E-state index contributed by atoms with van der Waals surface area (Å²) in [6, 6.07) is 12.2. The van der Waals surface area contributed by atoms with Crippen LogP contribution in [0.5, 0.6) is 0 Å². The predicted octanol–water partition coefficient (Wildman–Crippen LogP) is 3.01. The Balaban J connectivity index is 2.09. The van der Waals surface area contributed by atoms with Crippen LogP contribution >= 0.6 is 0 Å². The van der Waals surface area contributed by atoms with E-state index in [-0.39, 0.29) is 0 Å². The second-order valence-electron chi connectivity index (χ2n) is 5.13. The number of nitrogens with zero attached hydrogens (tertiary/aromatic N) is 3. The zero-order valence-corrected chi connectivity index (χ0v) is 12.2. The number of nitrogens with two attached hydrogens (primary N) is 1. The van der Waals surface area contributed by atoms with Gasteiger partial charge in [0.25, 0.3) is 0 Å². The molecule has 2 heterocycles. The minimum atomic E-state index is 0.453. The standard InChI is InChI=1S/C17H18N4/c1-12-8-13(2)20-17(16(12)9-18)21-11-15(10-19-21)14-6-4-3-5-7-14/h3-8,10-11H,9,18H2,1-2H3. The fourth-order valence-electron chi connectivity index (χ4n) is 2.50. The average Bonchev–Trinajstić information content (AvgIpc) is 2.97. The number of aryl methyl sites for hydroxylation is 2. The Labute approximate surface area is 124 Å². The summed E-state index contributed by atoms with van der Waals surface area (Å²) in [4.78, 5) is 4.60. The van der Waals surface area contributed by atoms with E-state index in [1.165, 1.54) is 0 Å². The van der Waals surface area contributed by atoms with E-state index in [1.807, 2.05) is 48.3 Å². The maximum Gasteiger partial charge on any atom is 0.158 e. The van der Waals surface area contributed by atoms with Crippen LogP contribution in [-0.2, 0) is 6.54 Å². The summed E-state index contributed by atoms with van der Waals surface area (Å²) in [5, 5.41) is 4.45. The monoisotopic (exact) mass is 278 g/mol. The third kappa shape index (κ3) is 2.58. The summed E-state index contributed by atoms with van der Waals surface area (Å²) in [6.45, 7) is 4.50. The first kappa shape index (κ1) is 13.5. The van der Waals surface area contributed by atoms with Crippen molar-refractivity contribution < 1.29 is 0 Å². The molecule has 0 fully saturated rings. The smallest absolute Gasteiger partial charge is 0.158 e. The molecule has 0 aliphatic rings. The minimum Gasteiger partial charge on any atom is -0.326 e. The first-order valence-corrected chi connectivity index (χ1v) is 6.96. The van der Waals surface area contributed by atoms with Gasteiger partial charge < -0.3 is 5.73 Å². The predicted molar refractivity (Wildman–Crippen MR) is 84.2 cm³/mol. The normalized spacial score (nSPS) is 10.8. The Morgan fingerprint density at radius 3 is 2.57 bits per heavy atom. The highest BCUT2D eigenvalue weighted by Crippen LogP contribution is 2.22. The average molecular weight is 278 g/mol. The Morgan fingerprint density at radius 2 is 1.86 bits per heavy atom. The van der Waals surface area contributed by atoms with Gasteiger partial charge in [0.05, 0.1) is 6.20 Å². The van der Waals surface area contributed by atoms with Gasteiger partial charge in [-0.15, -0.1) is 0 Å². The number of rotatable bonds is 3. The summed E-state index contributed by atoms with van der Waals surface area (Å²) >= 11 is 0. The molecule has 0 amide bonds. The molecule has 0 radical (unpaired) electrons. The third-order valence-electron chi connectivity index (χ3n) is 3.56. The van der Waals surface area contributed by atoms with E-state index in [9.17, 15) is 0 Å². The Kier molecular flexibility index (Phi) is 3.54. The summed E-state index contributed by atoms with van der Waals surface area (Å²) in [5.41, 5.74) is 11.2. The van der Waals surface area contributed by atoms with Gasteiger partial charge in [-0.2, -0.15) is 5.10 Å². The first-order chi connectivity index (χ1) is 10.2. The van der Waals surface area contributed by atoms with Gasteiger partial charge >= 0.3 is 0 Å². The molecule has 0 spiro atoms. The van der Waals surface area contributed by atoms with Crippen LogP contribution in [0.25, 0.3) is 16.9 Å². The highest BCUT2D eigenvalue weighted by Gasteiger charge is 2.11. The third-order valence-corrected chi connectivity index (χ3v) is 3.56. The van der Waals surface area contributed by atoms with Crippen molar-refractivity contribution in [3.8, 4) is 16.9 Å². The van der Waals surface area contributed by atoms with Gasteiger partial charge in [0.1, 0.15) is 0 Å². The number of hydrogen-bond donors (Lipinski definition) is 1. The molecule has 0 saturated carbocycles. The van der Waals surface area contributed by atoms with Gasteiger partial charge in [-0.05, 0) is 31.0 Å². The van der Waals surface area contributed by atoms with E-state index in [0.717, 1.165) is 33.8 Å². The van der Waals surface area contributed by atoms with E-state index in [4.69, 9.17) is 5.73 Å². The van der Waals surface area contributed by atoms with Crippen LogP contribution < -0.4 is 5.73 Å². The van der Waals surface area contributed by atoms with Crippen molar-refractivity contribution in [2.24, 2.45) is 5.73 Å². The number of benzene rings is 1. The van der Waals surface area contributed by atoms with Gasteiger partial charge in [0, 0.05) is 29.6 Å². The van der Waals surface area contributed by atoms with Crippen molar-refractivity contribution in [1.29, 1.82) is 0 Å². The maximum atomic E-state index is 5.88. The van der Waals surface area contributed by atoms with Gasteiger partial charge in [-0.3, -0.25) is 0 Å². The quantitative estimate of drug-likeness (QED) is 0.801. The molecule has 2 aromatic heterocycles. The second-order valence-corrected chi connectivity index (χ2v) is 5.13. The number of aromatic nitrogens is 3. The lowest BCUT2D eigenvalue weighted by molar-refractivity contribution is 0.813. The number of pyridine rings is 1. The van der Waals surface area contributed by atoms with E-state index >= 15 is 0 Å². The molecule has 0 aliphatic carbocycles. The fraction of sp³-hybridized carbons (Fsp3) is 0.176. The minimum absolute atomic E-state index is 0.453. The summed E-state index contributed by atoms with van der Waals surface area (Å²) in [7, 11) is 0. The molecular weight excluding hydrogens is 260 g/mol. The molecular formula is C17H18N4. The first-order valence-electron chi connectivity index (χ1n) is 6.96. The van der Waals surface area contributed by atoms with Crippen molar-refractivity contribution in [2.45, 2.75) is 20.4 Å². The molecule has 21 heavy (non-hydrogen) atoms. The van der Waals surface area contributed by atoms with Crippen LogP contribution in [0.1, 0.15) is 16.8 Å². The molecule has 2 N–H and O–H groups in total. The van der Waals surface area contributed by atoms with Crippen molar-refractivity contribution in [3.63, 3.8) is 0 Å². The summed E-state index contributed by atoms with van der Waals surface area (Å²) in [5.74, 6) is 0.817. The zero-order valence-electron chi connectivity index (χ0n) is 12.2. The lowest BCUT2D eigenvalue weighted by atomic mass is 10.1. The highest BCUT2D eigenvalue weighted by molar-refractivity contribution is 5.62. The van der Waals surface area contributed by atoms with Gasteiger partial charge in [0.15, 0.2) is 5.82 Å². The van der Waals surface area contributed by atoms with Crippen molar-refractivity contribution in [1.82, 2.24) is 14.8 Å². The van der Waals surface area contributed by atoms with Gasteiger partial charge in [0.2, 0.25) is 0 Å². The van der Waals surface area contributed by atoms with Crippen LogP contribution in [0, 0.1) is 13.8 Å². The SMILES string of the molecule is Cc1cc(C)c(CN)c(-n2cc(-c3ccccc3)cn2)n1. The molecule has 0 unspecified atom stereocenters. The van der Waals surface area contributed by atoms with Crippen LogP contribution in [0.4, 0.5) is 0 Å². The van der Waals surface area contributed by atoms with E-state index in [1.54, 1.807) is 0 Å². The lowest BCUT2D eigenvalue weighted by Gasteiger charge is -2.11. The Hall–Kier alpha value is -2.46. The maximum absolute atomic E-state index is 5.88. The molecule has 0 atom stereocenters. The Morgan fingerprint density at radius 1 is 1.10 bits per heavy atom. The summed E-state index contributed by atoms with van der Waals surface area (Å²) in [6.07, 6.45) is 3.85. The molecule has 3 aromatic rings. The van der Waals surface area contributed by atoms with Crippen molar-refractivity contribution >= 4 is 0 Å². The van der Waals surface area contributed by atoms with Crippen LogP contribution in [-0.4, -0.2) is 14.8 Å². The molecule has 4 nitrogen and oxygen atoms in total. The van der Waals surface area contributed by atoms with Gasteiger partial charge in [-0.25, -0.2) is 9.67 Å². The van der Waals surface area contributed by atoms with E-state index in [0.29, 0.717) is 6.54 Å². The highest BCUT2D eigenvalue weighted by atomic mass is 15.3. The van der Waals surface area contributed by atoms with Crippen molar-refractivity contribution in [3.05, 3.63) is 65.6 Å². The second kappa shape index (κ2) is 5.50. The Bertz CT molecular complexity index is 760. The lowest BCUT2D eigenvalue weighted by Crippen LogP contribution is -2.10. The molecule has 0 bridgehead atoms. The topological polar surface area (TPSA) is 56.7 Å². The van der Waals surface area contributed by atoms with Gasteiger partial charge in [-0.1, -0.05) is 30.3 Å². The zero-order chi connectivity index (χ0) is 14.8. The molecule has 4 heteroatoms. The van der Waals surface area contributed by atoms with Crippen LogP contribution in [0.3, 0.4) is 0 Å². The van der Waals surface area contributed by atoms with Crippen LogP contribution in [0.2, 0.25) is 0 Å². The molecule has 0 aliphatic heterocycles.